The minimum Gasteiger partial charge on any atom is -0.192 e. The first-order valence-electron chi connectivity index (χ1n) is 4.40. The monoisotopic (exact) mass is 362 g/mol. The maximum absolute atomic E-state index is 12.7. The molecule has 0 nitrogen and oxygen atoms in total. The van der Waals surface area contributed by atoms with Crippen LogP contribution in [-0.4, -0.2) is 35.8 Å². The summed E-state index contributed by atoms with van der Waals surface area (Å²) in [4.78, 5) is 0. The molecule has 0 spiro atoms. The zero-order valence-corrected chi connectivity index (χ0v) is 9.29. The lowest BCUT2D eigenvalue weighted by Gasteiger charge is -2.38. The van der Waals surface area contributed by atoms with Crippen molar-refractivity contribution < 1.29 is 61.5 Å². The summed E-state index contributed by atoms with van der Waals surface area (Å²) in [5, 5.41) is 0. The molecule has 0 unspecified atom stereocenters. The van der Waals surface area contributed by atoms with Gasteiger partial charge in [-0.1, -0.05) is 0 Å². The third-order valence-corrected chi connectivity index (χ3v) is 2.14. The van der Waals surface area contributed by atoms with Gasteiger partial charge in [0.25, 0.3) is 0 Å². The maximum Gasteiger partial charge on any atom is 0.460 e. The molecule has 0 rings (SSSR count). The predicted molar refractivity (Wildman–Crippen MR) is 39.7 cm³/mol. The summed E-state index contributed by atoms with van der Waals surface area (Å²) < 4.78 is 171. The molecule has 14 heteroatoms. The molecule has 22 heavy (non-hydrogen) atoms. The minimum atomic E-state index is -8.00. The van der Waals surface area contributed by atoms with Crippen LogP contribution in [0.25, 0.3) is 0 Å². The van der Waals surface area contributed by atoms with Crippen LogP contribution in [0.1, 0.15) is 0 Å². The van der Waals surface area contributed by atoms with Crippen LogP contribution in [0, 0.1) is 12.1 Å². The molecule has 0 aliphatic rings. The average Bonchev–Trinajstić information content (AvgIpc) is 2.26. The Labute approximate surface area is 111 Å². The molecule has 0 saturated heterocycles. The second-order valence-corrected chi connectivity index (χ2v) is 3.59. The Kier molecular flexibility index (Phi) is 4.73. The van der Waals surface area contributed by atoms with E-state index in [0.29, 0.717) is 0 Å². The number of halogens is 14. The van der Waals surface area contributed by atoms with Crippen molar-refractivity contribution in [2.45, 2.75) is 35.8 Å². The Hall–Kier alpha value is -1.42. The van der Waals surface area contributed by atoms with E-state index in [1.54, 1.807) is 0 Å². The lowest BCUT2D eigenvalue weighted by atomic mass is 9.94. The number of rotatable bonds is 4. The molecule has 0 aliphatic heterocycles. The molecule has 0 saturated carbocycles. The third-order valence-electron chi connectivity index (χ3n) is 2.14. The van der Waals surface area contributed by atoms with Crippen LogP contribution < -0.4 is 0 Å². The molecule has 0 atom stereocenters. The Morgan fingerprint density at radius 3 is 1.05 bits per heavy atom. The summed E-state index contributed by atoms with van der Waals surface area (Å²) in [5.41, 5.74) is 0. The van der Waals surface area contributed by atoms with Gasteiger partial charge in [0.1, 0.15) is 6.17 Å². The molecule has 0 aromatic rings. The summed E-state index contributed by atoms with van der Waals surface area (Å²) in [6, 6.07) is 0. The van der Waals surface area contributed by atoms with E-state index in [2.05, 4.69) is 0 Å². The van der Waals surface area contributed by atoms with Gasteiger partial charge in [0.15, 0.2) is 0 Å². The van der Waals surface area contributed by atoms with Gasteiger partial charge in [-0.15, -0.1) is 4.39 Å². The first kappa shape index (κ1) is 20.6. The molecular weight excluding hydrogens is 362 g/mol. The van der Waals surface area contributed by atoms with Crippen molar-refractivity contribution in [2.75, 3.05) is 0 Å². The summed E-state index contributed by atoms with van der Waals surface area (Å²) in [7, 11) is 0. The Bertz CT molecular complexity index is 471. The Morgan fingerprint density at radius 1 is 0.455 bits per heavy atom. The van der Waals surface area contributed by atoms with Gasteiger partial charge in [0.05, 0.1) is 0 Å². The fourth-order valence-electron chi connectivity index (χ4n) is 0.907. The van der Waals surface area contributed by atoms with E-state index in [1.807, 2.05) is 0 Å². The Morgan fingerprint density at radius 2 is 0.773 bits per heavy atom. The summed E-state index contributed by atoms with van der Waals surface area (Å²) >= 11 is 0. The molecule has 130 valence electrons. The molecule has 0 aliphatic carbocycles. The summed E-state index contributed by atoms with van der Waals surface area (Å²) in [5.74, 6) is -38.6. The highest BCUT2D eigenvalue weighted by Gasteiger charge is 2.90. The van der Waals surface area contributed by atoms with Crippen LogP contribution in [0.5, 0.6) is 0 Å². The van der Waals surface area contributed by atoms with Gasteiger partial charge in [-0.2, -0.15) is 57.1 Å². The molecule has 0 fully saturated rings. The number of hydrogen-bond acceptors (Lipinski definition) is 0. The van der Waals surface area contributed by atoms with Crippen LogP contribution >= 0.6 is 0 Å². The van der Waals surface area contributed by atoms with Crippen molar-refractivity contribution in [1.29, 1.82) is 0 Å². The molecule has 0 aromatic carbocycles. The second-order valence-electron chi connectivity index (χ2n) is 3.59. The zero-order valence-electron chi connectivity index (χ0n) is 9.29. The van der Waals surface area contributed by atoms with E-state index in [1.165, 1.54) is 0 Å². The highest BCUT2D eigenvalue weighted by Crippen LogP contribution is 2.60. The van der Waals surface area contributed by atoms with Crippen LogP contribution in [-0.2, 0) is 0 Å². The van der Waals surface area contributed by atoms with Crippen LogP contribution in [0.2, 0.25) is 0 Å². The molecule has 0 heterocycles. The highest BCUT2D eigenvalue weighted by atomic mass is 19.4. The van der Waals surface area contributed by atoms with E-state index < -0.39 is 47.9 Å². The number of alkyl halides is 13. The SMILES string of the molecule is FC#CC(F)(F)C(F)(F)C(F)(F)C(F)(F)C(F)(F)C(F)(F)F. The van der Waals surface area contributed by atoms with E-state index in [-0.39, 0.29) is 0 Å². The largest absolute Gasteiger partial charge is 0.460 e. The van der Waals surface area contributed by atoms with Crippen molar-refractivity contribution in [3.63, 3.8) is 0 Å². The fourth-order valence-corrected chi connectivity index (χ4v) is 0.907. The second kappa shape index (κ2) is 5.05. The summed E-state index contributed by atoms with van der Waals surface area (Å²) in [6.07, 6.45) is -8.04. The van der Waals surface area contributed by atoms with Gasteiger partial charge in [0.2, 0.25) is 0 Å². The zero-order chi connectivity index (χ0) is 18.4. The van der Waals surface area contributed by atoms with Crippen molar-refractivity contribution >= 4 is 0 Å². The normalized spacial score (nSPS) is 15.4. The lowest BCUT2D eigenvalue weighted by molar-refractivity contribution is -0.435. The molecular formula is C8F14. The maximum atomic E-state index is 12.7. The molecule has 0 amide bonds. The summed E-state index contributed by atoms with van der Waals surface area (Å²) in [6.45, 7) is 0. The third kappa shape index (κ3) is 2.54. The first-order valence-corrected chi connectivity index (χ1v) is 4.40. The molecule has 0 aromatic heterocycles. The van der Waals surface area contributed by atoms with E-state index in [9.17, 15) is 61.5 Å². The Balaban J connectivity index is 6.27. The van der Waals surface area contributed by atoms with Gasteiger partial charge >= 0.3 is 35.8 Å². The highest BCUT2D eigenvalue weighted by molar-refractivity contribution is 5.19. The van der Waals surface area contributed by atoms with E-state index in [0.717, 1.165) is 0 Å². The van der Waals surface area contributed by atoms with Crippen molar-refractivity contribution in [1.82, 2.24) is 0 Å². The molecule has 0 N–H and O–H groups in total. The standard InChI is InChI=1S/C8F14/c9-2-1-3(10,11)4(12,13)5(14,15)6(16,17)7(18,19)8(20,21)22. The van der Waals surface area contributed by atoms with Gasteiger partial charge in [-0.3, -0.25) is 0 Å². The van der Waals surface area contributed by atoms with E-state index >= 15 is 0 Å². The fraction of sp³-hybridized carbons (Fsp3) is 0.750. The average molecular weight is 362 g/mol. The van der Waals surface area contributed by atoms with Gasteiger partial charge < -0.3 is 0 Å². The van der Waals surface area contributed by atoms with Crippen LogP contribution in [0.4, 0.5) is 61.5 Å². The predicted octanol–water partition coefficient (Wildman–Crippen LogP) is 4.66. The molecule has 0 radical (unpaired) electrons. The van der Waals surface area contributed by atoms with E-state index in [4.69, 9.17) is 0 Å². The quantitative estimate of drug-likeness (QED) is 0.504. The van der Waals surface area contributed by atoms with Crippen molar-refractivity contribution in [3.8, 4) is 12.1 Å². The lowest BCUT2D eigenvalue weighted by Crippen LogP contribution is -2.69. The van der Waals surface area contributed by atoms with Crippen LogP contribution in [0.3, 0.4) is 0 Å². The smallest absolute Gasteiger partial charge is 0.192 e. The van der Waals surface area contributed by atoms with Gasteiger partial charge in [0, 0.05) is 5.92 Å². The van der Waals surface area contributed by atoms with Crippen molar-refractivity contribution in [2.24, 2.45) is 0 Å². The van der Waals surface area contributed by atoms with Gasteiger partial charge in [-0.05, 0) is 0 Å². The van der Waals surface area contributed by atoms with Crippen LogP contribution in [0.15, 0.2) is 0 Å². The molecule has 0 bridgehead atoms. The topological polar surface area (TPSA) is 0 Å². The van der Waals surface area contributed by atoms with Crippen molar-refractivity contribution in [3.05, 3.63) is 0 Å². The first-order chi connectivity index (χ1) is 9.31. The van der Waals surface area contributed by atoms with Gasteiger partial charge in [-0.25, -0.2) is 0 Å². The number of hydrogen-bond donors (Lipinski definition) is 0. The minimum absolute atomic E-state index is 0.561.